The Labute approximate surface area is 159 Å². The Morgan fingerprint density at radius 3 is 2.67 bits per heavy atom. The summed E-state index contributed by atoms with van der Waals surface area (Å²) in [5.74, 6) is 0.122. The third-order valence-corrected chi connectivity index (χ3v) is 7.98. The second-order valence-corrected chi connectivity index (χ2v) is 9.15. The van der Waals surface area contributed by atoms with Crippen LogP contribution < -0.4 is 0 Å². The predicted octanol–water partition coefficient (Wildman–Crippen LogP) is 3.26. The number of rotatable bonds is 2. The number of ketones is 2. The molecule has 5 heteroatoms. The van der Waals surface area contributed by atoms with E-state index in [9.17, 15) is 19.5 Å². The summed E-state index contributed by atoms with van der Waals surface area (Å²) in [6, 6.07) is 0. The quantitative estimate of drug-likeness (QED) is 0.753. The van der Waals surface area contributed by atoms with Crippen molar-refractivity contribution in [2.75, 3.05) is 0 Å². The zero-order valence-electron chi connectivity index (χ0n) is 16.3. The summed E-state index contributed by atoms with van der Waals surface area (Å²) in [6.45, 7) is 5.75. The maximum absolute atomic E-state index is 12.6. The summed E-state index contributed by atoms with van der Waals surface area (Å²) >= 11 is 0. The molecule has 2 saturated carbocycles. The van der Waals surface area contributed by atoms with E-state index in [2.05, 4.69) is 6.92 Å². The number of carbonyl (C=O) groups excluding carboxylic acids is 3. The molecule has 146 valence electrons. The fraction of sp³-hybridized carbons (Fsp3) is 0.682. The van der Waals surface area contributed by atoms with Gasteiger partial charge in [0, 0.05) is 36.2 Å². The zero-order valence-corrected chi connectivity index (χ0v) is 16.3. The summed E-state index contributed by atoms with van der Waals surface area (Å²) in [5, 5.41) is 11.7. The lowest BCUT2D eigenvalue weighted by Crippen LogP contribution is -2.60. The van der Waals surface area contributed by atoms with E-state index in [0.717, 1.165) is 12.0 Å². The normalized spacial score (nSPS) is 43.3. The first-order valence-electron chi connectivity index (χ1n) is 10.1. The molecular weight excluding hydrogens is 344 g/mol. The van der Waals surface area contributed by atoms with Crippen molar-refractivity contribution < 1.29 is 24.2 Å². The van der Waals surface area contributed by atoms with Crippen LogP contribution in [0.15, 0.2) is 23.5 Å². The van der Waals surface area contributed by atoms with Gasteiger partial charge in [0.05, 0.1) is 11.0 Å². The van der Waals surface area contributed by atoms with Gasteiger partial charge in [-0.05, 0) is 50.7 Å². The zero-order chi connectivity index (χ0) is 19.6. The van der Waals surface area contributed by atoms with Crippen LogP contribution in [0, 0.1) is 22.7 Å². The molecule has 0 amide bonds. The van der Waals surface area contributed by atoms with E-state index in [1.807, 2.05) is 13.0 Å². The van der Waals surface area contributed by atoms with E-state index >= 15 is 0 Å². The van der Waals surface area contributed by atoms with Crippen LogP contribution in [-0.4, -0.2) is 28.2 Å². The molecule has 0 heterocycles. The number of Topliss-reactive ketones (excluding diaryl/α,β-unsaturated/α-hetero) is 1. The van der Waals surface area contributed by atoms with E-state index < -0.39 is 11.0 Å². The Bertz CT molecular complexity index is 793. The molecule has 0 aromatic heterocycles. The highest BCUT2D eigenvalue weighted by molar-refractivity contribution is 5.93. The molecule has 4 aliphatic carbocycles. The van der Waals surface area contributed by atoms with Crippen LogP contribution in [0.3, 0.4) is 0 Å². The molecule has 0 unspecified atom stereocenters. The Hall–Kier alpha value is -1.75. The number of esters is 1. The Morgan fingerprint density at radius 2 is 1.96 bits per heavy atom. The number of aliphatic hydroxyl groups is 1. The van der Waals surface area contributed by atoms with Crippen LogP contribution in [0.1, 0.15) is 65.7 Å². The molecule has 0 aromatic carbocycles. The van der Waals surface area contributed by atoms with Crippen molar-refractivity contribution in [2.24, 2.45) is 22.7 Å². The first-order chi connectivity index (χ1) is 12.7. The molecule has 5 nitrogen and oxygen atoms in total. The Balaban J connectivity index is 1.87. The van der Waals surface area contributed by atoms with Gasteiger partial charge in [-0.3, -0.25) is 14.4 Å². The molecule has 0 bridgehead atoms. The fourth-order valence-corrected chi connectivity index (χ4v) is 6.10. The molecule has 5 atom stereocenters. The number of hydrogen-bond acceptors (Lipinski definition) is 5. The minimum absolute atomic E-state index is 0.0507. The van der Waals surface area contributed by atoms with Crippen molar-refractivity contribution in [1.29, 1.82) is 0 Å². The van der Waals surface area contributed by atoms with Gasteiger partial charge in [0.1, 0.15) is 11.5 Å². The van der Waals surface area contributed by atoms with E-state index in [0.29, 0.717) is 37.9 Å². The first-order valence-corrected chi connectivity index (χ1v) is 10.1. The minimum atomic E-state index is -1.12. The molecule has 0 aromatic rings. The number of fused-ring (bicyclic) bond motifs is 5. The van der Waals surface area contributed by atoms with Gasteiger partial charge in [0.15, 0.2) is 5.78 Å². The van der Waals surface area contributed by atoms with Crippen molar-refractivity contribution in [3.63, 3.8) is 0 Å². The predicted molar refractivity (Wildman–Crippen MR) is 98.4 cm³/mol. The number of hydrogen-bond donors (Lipinski definition) is 1. The molecule has 4 rings (SSSR count). The Kier molecular flexibility index (Phi) is 4.05. The van der Waals surface area contributed by atoms with Gasteiger partial charge in [-0.1, -0.05) is 13.8 Å². The van der Waals surface area contributed by atoms with Gasteiger partial charge < -0.3 is 9.84 Å². The fourth-order valence-electron chi connectivity index (χ4n) is 6.10. The molecule has 0 aliphatic heterocycles. The van der Waals surface area contributed by atoms with E-state index in [1.54, 1.807) is 13.0 Å². The highest BCUT2D eigenvalue weighted by Crippen LogP contribution is 2.65. The maximum atomic E-state index is 12.6. The van der Waals surface area contributed by atoms with Crippen molar-refractivity contribution in [2.45, 2.75) is 71.3 Å². The van der Waals surface area contributed by atoms with Crippen LogP contribution in [-0.2, 0) is 19.1 Å². The smallest absolute Gasteiger partial charge is 0.310 e. The number of carbonyl (C=O) groups is 3. The minimum Gasteiger partial charge on any atom is -0.427 e. The van der Waals surface area contributed by atoms with Crippen LogP contribution in [0.4, 0.5) is 0 Å². The summed E-state index contributed by atoms with van der Waals surface area (Å²) in [5.41, 5.74) is -1.41. The highest BCUT2D eigenvalue weighted by atomic mass is 16.5. The molecule has 1 N–H and O–H groups in total. The number of ether oxygens (including phenoxy) is 1. The second-order valence-electron chi connectivity index (χ2n) is 9.15. The standard InChI is InChI=1S/C22H28O5/c1-4-19(25)27-17-12-15-14(20(2)8-5-13(23)11-16(17)20)6-9-21(3)18(24)7-10-22(15,21)26/h11-12,14-15,26H,4-10H2,1-3H3/t14-,15+,20+,21+,22+/m0/s1. The molecule has 0 saturated heterocycles. The Morgan fingerprint density at radius 1 is 1.22 bits per heavy atom. The van der Waals surface area contributed by atoms with Crippen molar-refractivity contribution >= 4 is 17.5 Å². The molecule has 2 fully saturated rings. The second kappa shape index (κ2) is 5.87. The van der Waals surface area contributed by atoms with Crippen molar-refractivity contribution in [3.05, 3.63) is 23.5 Å². The van der Waals surface area contributed by atoms with Crippen molar-refractivity contribution in [1.82, 2.24) is 0 Å². The van der Waals surface area contributed by atoms with Gasteiger partial charge in [-0.25, -0.2) is 0 Å². The topological polar surface area (TPSA) is 80.7 Å². The maximum Gasteiger partial charge on any atom is 0.310 e. The summed E-state index contributed by atoms with van der Waals surface area (Å²) in [4.78, 5) is 36.8. The summed E-state index contributed by atoms with van der Waals surface area (Å²) in [7, 11) is 0. The van der Waals surface area contributed by atoms with Crippen molar-refractivity contribution in [3.8, 4) is 0 Å². The van der Waals surface area contributed by atoms with Gasteiger partial charge in [-0.2, -0.15) is 0 Å². The van der Waals surface area contributed by atoms with E-state index in [-0.39, 0.29) is 41.2 Å². The third kappa shape index (κ3) is 2.36. The van der Waals surface area contributed by atoms with Crippen LogP contribution in [0.2, 0.25) is 0 Å². The molecule has 0 radical (unpaired) electrons. The summed E-state index contributed by atoms with van der Waals surface area (Å²) in [6.07, 6.45) is 7.19. The third-order valence-electron chi connectivity index (χ3n) is 7.98. The lowest BCUT2D eigenvalue weighted by Gasteiger charge is -2.58. The van der Waals surface area contributed by atoms with Gasteiger partial charge in [0.2, 0.25) is 0 Å². The average Bonchev–Trinajstić information content (AvgIpc) is 2.87. The lowest BCUT2D eigenvalue weighted by molar-refractivity contribution is -0.165. The highest BCUT2D eigenvalue weighted by Gasteiger charge is 2.67. The first kappa shape index (κ1) is 18.6. The number of allylic oxidation sites excluding steroid dienone is 2. The largest absolute Gasteiger partial charge is 0.427 e. The van der Waals surface area contributed by atoms with E-state index in [1.165, 1.54) is 0 Å². The van der Waals surface area contributed by atoms with Crippen LogP contribution in [0.5, 0.6) is 0 Å². The molecule has 27 heavy (non-hydrogen) atoms. The van der Waals surface area contributed by atoms with Gasteiger partial charge in [-0.15, -0.1) is 0 Å². The SMILES string of the molecule is CCC(=O)OC1=C[C@@H]2[C@H](CC[C@]3(C)C(=O)CC[C@@]23O)[C@@]2(C)CCC(=O)C=C12. The van der Waals surface area contributed by atoms with E-state index in [4.69, 9.17) is 4.74 Å². The molecular formula is C22H28O5. The average molecular weight is 372 g/mol. The van der Waals surface area contributed by atoms with Crippen LogP contribution in [0.25, 0.3) is 0 Å². The molecule has 4 aliphatic rings. The van der Waals surface area contributed by atoms with Gasteiger partial charge in [0.25, 0.3) is 0 Å². The molecule has 0 spiro atoms. The lowest BCUT2D eigenvalue weighted by atomic mass is 9.47. The summed E-state index contributed by atoms with van der Waals surface area (Å²) < 4.78 is 5.63. The monoisotopic (exact) mass is 372 g/mol. The van der Waals surface area contributed by atoms with Gasteiger partial charge >= 0.3 is 5.97 Å². The van der Waals surface area contributed by atoms with Crippen LogP contribution >= 0.6 is 0 Å².